The summed E-state index contributed by atoms with van der Waals surface area (Å²) in [6.45, 7) is 1.63. The first-order chi connectivity index (χ1) is 18.3. The summed E-state index contributed by atoms with van der Waals surface area (Å²) in [7, 11) is 7.50. The SMILES string of the molecule is COc1ccc(Cl)c(Nc2nc3ccccc3nc2NSc2cccc(C(=O)N(C)CCCN(C)C)c2)c1. The van der Waals surface area contributed by atoms with E-state index >= 15 is 0 Å². The van der Waals surface area contributed by atoms with Gasteiger partial charge in [0.05, 0.1) is 28.9 Å². The number of nitrogens with zero attached hydrogens (tertiary/aromatic N) is 4. The van der Waals surface area contributed by atoms with Crippen LogP contribution in [-0.4, -0.2) is 67.0 Å². The van der Waals surface area contributed by atoms with E-state index in [0.717, 1.165) is 28.9 Å². The van der Waals surface area contributed by atoms with Gasteiger partial charge in [-0.15, -0.1) is 0 Å². The number of methoxy groups -OCH3 is 1. The molecule has 38 heavy (non-hydrogen) atoms. The second-order valence-corrected chi connectivity index (χ2v) is 10.3. The predicted molar refractivity (Wildman–Crippen MR) is 157 cm³/mol. The van der Waals surface area contributed by atoms with Crippen molar-refractivity contribution in [2.24, 2.45) is 0 Å². The van der Waals surface area contributed by atoms with Crippen LogP contribution >= 0.6 is 23.5 Å². The highest BCUT2D eigenvalue weighted by atomic mass is 35.5. The van der Waals surface area contributed by atoms with E-state index in [4.69, 9.17) is 26.3 Å². The summed E-state index contributed by atoms with van der Waals surface area (Å²) in [6.07, 6.45) is 0.916. The van der Waals surface area contributed by atoms with Gasteiger partial charge in [0.1, 0.15) is 5.75 Å². The first-order valence-corrected chi connectivity index (χ1v) is 13.3. The highest BCUT2D eigenvalue weighted by Crippen LogP contribution is 2.33. The second kappa shape index (κ2) is 12.8. The monoisotopic (exact) mass is 550 g/mol. The summed E-state index contributed by atoms with van der Waals surface area (Å²) in [5.41, 5.74) is 2.78. The van der Waals surface area contributed by atoms with Gasteiger partial charge in [-0.2, -0.15) is 0 Å². The van der Waals surface area contributed by atoms with E-state index in [-0.39, 0.29) is 5.91 Å². The van der Waals surface area contributed by atoms with Crippen LogP contribution in [0.4, 0.5) is 17.3 Å². The number of amides is 1. The molecule has 3 aromatic carbocycles. The highest BCUT2D eigenvalue weighted by Gasteiger charge is 2.15. The zero-order chi connectivity index (χ0) is 27.1. The molecule has 0 unspecified atom stereocenters. The molecule has 8 nitrogen and oxygen atoms in total. The van der Waals surface area contributed by atoms with Crippen molar-refractivity contribution in [1.82, 2.24) is 19.8 Å². The lowest BCUT2D eigenvalue weighted by Gasteiger charge is -2.19. The summed E-state index contributed by atoms with van der Waals surface area (Å²) in [5, 5.41) is 3.82. The molecule has 1 heterocycles. The molecule has 198 valence electrons. The van der Waals surface area contributed by atoms with Gasteiger partial charge in [0.25, 0.3) is 5.91 Å². The Morgan fingerprint density at radius 1 is 0.947 bits per heavy atom. The van der Waals surface area contributed by atoms with Crippen LogP contribution in [0.15, 0.2) is 71.6 Å². The molecule has 4 rings (SSSR count). The van der Waals surface area contributed by atoms with Crippen LogP contribution in [0.2, 0.25) is 5.02 Å². The van der Waals surface area contributed by atoms with Crippen LogP contribution in [0.1, 0.15) is 16.8 Å². The van der Waals surface area contributed by atoms with Crippen molar-refractivity contribution in [3.8, 4) is 5.75 Å². The topological polar surface area (TPSA) is 82.6 Å². The number of para-hydroxylation sites is 2. The molecule has 0 radical (unpaired) electrons. The second-order valence-electron chi connectivity index (χ2n) is 9.00. The Bertz CT molecular complexity index is 1420. The molecule has 0 aliphatic carbocycles. The number of carbonyl (C=O) groups is 1. The highest BCUT2D eigenvalue weighted by molar-refractivity contribution is 8.00. The number of benzene rings is 3. The fourth-order valence-electron chi connectivity index (χ4n) is 3.76. The van der Waals surface area contributed by atoms with Crippen LogP contribution < -0.4 is 14.8 Å². The molecule has 0 saturated carbocycles. The molecular formula is C28H31ClN6O2S. The van der Waals surface area contributed by atoms with Crippen LogP contribution in [0, 0.1) is 0 Å². The number of aromatic nitrogens is 2. The summed E-state index contributed by atoms with van der Waals surface area (Å²) in [4.78, 5) is 27.3. The number of carbonyl (C=O) groups excluding carboxylic acids is 1. The number of halogens is 1. The van der Waals surface area contributed by atoms with E-state index in [1.165, 1.54) is 11.9 Å². The fourth-order valence-corrected chi connectivity index (χ4v) is 4.61. The lowest BCUT2D eigenvalue weighted by molar-refractivity contribution is 0.0790. The Kier molecular flexibility index (Phi) is 9.28. The molecule has 10 heteroatoms. The number of nitrogens with one attached hydrogen (secondary N) is 2. The quantitative estimate of drug-likeness (QED) is 0.214. The first kappa shape index (κ1) is 27.5. The van der Waals surface area contributed by atoms with E-state index in [2.05, 4.69) is 14.9 Å². The molecular weight excluding hydrogens is 520 g/mol. The van der Waals surface area contributed by atoms with Gasteiger partial charge < -0.3 is 24.6 Å². The smallest absolute Gasteiger partial charge is 0.253 e. The maximum Gasteiger partial charge on any atom is 0.253 e. The zero-order valence-corrected chi connectivity index (χ0v) is 23.4. The maximum atomic E-state index is 13.0. The minimum absolute atomic E-state index is 0.00766. The normalized spacial score (nSPS) is 11.0. The largest absolute Gasteiger partial charge is 0.497 e. The molecule has 1 aromatic heterocycles. The summed E-state index contributed by atoms with van der Waals surface area (Å²) < 4.78 is 8.65. The van der Waals surface area contributed by atoms with Crippen LogP contribution in [0.25, 0.3) is 11.0 Å². The summed E-state index contributed by atoms with van der Waals surface area (Å²) in [5.74, 6) is 1.71. The predicted octanol–water partition coefficient (Wildman–Crippen LogP) is 6.18. The van der Waals surface area contributed by atoms with Gasteiger partial charge in [0.15, 0.2) is 11.6 Å². The zero-order valence-electron chi connectivity index (χ0n) is 21.9. The number of hydrogen-bond donors (Lipinski definition) is 2. The van der Waals surface area contributed by atoms with E-state index < -0.39 is 0 Å². The number of ether oxygens (including phenoxy) is 1. The van der Waals surface area contributed by atoms with Gasteiger partial charge in [0.2, 0.25) is 0 Å². The number of rotatable bonds is 11. The molecule has 0 saturated heterocycles. The molecule has 0 atom stereocenters. The molecule has 0 spiro atoms. The van der Waals surface area contributed by atoms with Crippen molar-refractivity contribution < 1.29 is 9.53 Å². The fraction of sp³-hybridized carbons (Fsp3) is 0.250. The minimum atomic E-state index is -0.00766. The number of fused-ring (bicyclic) bond motifs is 1. The lowest BCUT2D eigenvalue weighted by atomic mass is 10.2. The summed E-state index contributed by atoms with van der Waals surface area (Å²) in [6, 6.07) is 20.6. The lowest BCUT2D eigenvalue weighted by Crippen LogP contribution is -2.29. The third-order valence-electron chi connectivity index (χ3n) is 5.79. The molecule has 1 amide bonds. The van der Waals surface area contributed by atoms with Gasteiger partial charge in [-0.3, -0.25) is 4.79 Å². The molecule has 0 aliphatic heterocycles. The van der Waals surface area contributed by atoms with Crippen molar-refractivity contribution >= 4 is 57.8 Å². The third kappa shape index (κ3) is 7.06. The van der Waals surface area contributed by atoms with Crippen molar-refractivity contribution in [3.63, 3.8) is 0 Å². The van der Waals surface area contributed by atoms with E-state index in [0.29, 0.717) is 40.2 Å². The molecule has 2 N–H and O–H groups in total. The average Bonchev–Trinajstić information content (AvgIpc) is 2.92. The summed E-state index contributed by atoms with van der Waals surface area (Å²) >= 11 is 7.79. The Morgan fingerprint density at radius 3 is 2.39 bits per heavy atom. The van der Waals surface area contributed by atoms with Crippen LogP contribution in [-0.2, 0) is 0 Å². The van der Waals surface area contributed by atoms with Gasteiger partial charge >= 0.3 is 0 Å². The van der Waals surface area contributed by atoms with Crippen LogP contribution in [0.5, 0.6) is 5.75 Å². The molecule has 0 aliphatic rings. The van der Waals surface area contributed by atoms with E-state index in [1.54, 1.807) is 30.2 Å². The Morgan fingerprint density at radius 2 is 1.68 bits per heavy atom. The molecule has 0 bridgehead atoms. The Hall–Kier alpha value is -3.53. The van der Waals surface area contributed by atoms with Crippen molar-refractivity contribution in [1.29, 1.82) is 0 Å². The average molecular weight is 551 g/mol. The van der Waals surface area contributed by atoms with Crippen LogP contribution in [0.3, 0.4) is 0 Å². The molecule has 4 aromatic rings. The minimum Gasteiger partial charge on any atom is -0.497 e. The van der Waals surface area contributed by atoms with Gasteiger partial charge in [-0.25, -0.2) is 9.97 Å². The first-order valence-electron chi connectivity index (χ1n) is 12.1. The standard InChI is InChI=1S/C28H31ClN6O2S/c1-34(2)15-8-16-35(3)28(36)19-9-7-10-21(17-19)38-33-27-26(30-23-11-5-6-12-24(23)31-27)32-25-18-20(37-4)13-14-22(25)29/h5-7,9-14,17-18H,8,15-16H2,1-4H3,(H,30,32)(H,31,33). The van der Waals surface area contributed by atoms with E-state index in [9.17, 15) is 4.79 Å². The Balaban J connectivity index is 1.54. The molecule has 0 fully saturated rings. The maximum absolute atomic E-state index is 13.0. The third-order valence-corrected chi connectivity index (χ3v) is 6.90. The van der Waals surface area contributed by atoms with Gasteiger partial charge in [-0.05, 0) is 81.5 Å². The van der Waals surface area contributed by atoms with Gasteiger partial charge in [0, 0.05) is 30.1 Å². The van der Waals surface area contributed by atoms with Crippen molar-refractivity contribution in [2.45, 2.75) is 11.3 Å². The Labute approximate surface area is 232 Å². The number of anilines is 3. The van der Waals surface area contributed by atoms with Crippen molar-refractivity contribution in [3.05, 3.63) is 77.3 Å². The van der Waals surface area contributed by atoms with E-state index in [1.807, 2.05) is 69.7 Å². The number of hydrogen-bond acceptors (Lipinski definition) is 8. The van der Waals surface area contributed by atoms with Gasteiger partial charge in [-0.1, -0.05) is 29.8 Å². The van der Waals surface area contributed by atoms with Crippen molar-refractivity contribution in [2.75, 3.05) is 51.4 Å².